The highest BCUT2D eigenvalue weighted by atomic mass is 31.2. The van der Waals surface area contributed by atoms with E-state index in [9.17, 15) is 24.0 Å². The standard InChI is InChI=1S/C7H15N3O10P2/c1-4-6(11)7(5(19-4)2-17-21(12,13)14)20-22(15,16)18-3-9-10-8/h4-7,11H,2-3H2,1H3,(H,15,16)(H2,12,13,14)/p-1/t4-,5+,6+,7?/m0/s1. The number of azide groups is 1. The maximum absolute atomic E-state index is 11.6. The van der Waals surface area contributed by atoms with E-state index < -0.39 is 53.4 Å². The van der Waals surface area contributed by atoms with Crippen LogP contribution in [-0.2, 0) is 27.4 Å². The van der Waals surface area contributed by atoms with Gasteiger partial charge in [-0.15, -0.1) is 0 Å². The van der Waals surface area contributed by atoms with Crippen molar-refractivity contribution in [1.29, 1.82) is 0 Å². The summed E-state index contributed by atoms with van der Waals surface area (Å²) < 4.78 is 40.4. The molecule has 0 aromatic heterocycles. The lowest BCUT2D eigenvalue weighted by Gasteiger charge is -2.24. The Labute approximate surface area is 124 Å². The predicted molar refractivity (Wildman–Crippen MR) is 65.9 cm³/mol. The van der Waals surface area contributed by atoms with Crippen LogP contribution in [0, 0.1) is 0 Å². The second-order valence-electron chi connectivity index (χ2n) is 4.16. The number of rotatable bonds is 8. The minimum atomic E-state index is -5.04. The van der Waals surface area contributed by atoms with Gasteiger partial charge in [-0.2, -0.15) is 0 Å². The lowest BCUT2D eigenvalue weighted by atomic mass is 10.1. The van der Waals surface area contributed by atoms with Crippen LogP contribution in [0.15, 0.2) is 5.11 Å². The number of hydrogen-bond acceptors (Lipinski definition) is 9. The molecular weight excluding hydrogens is 348 g/mol. The van der Waals surface area contributed by atoms with Crippen molar-refractivity contribution < 1.29 is 47.2 Å². The van der Waals surface area contributed by atoms with Crippen LogP contribution in [0.1, 0.15) is 6.92 Å². The largest absolute Gasteiger partial charge is 0.756 e. The molecule has 15 heteroatoms. The van der Waals surface area contributed by atoms with Crippen molar-refractivity contribution in [3.05, 3.63) is 10.4 Å². The number of phosphoric ester groups is 2. The third-order valence-corrected chi connectivity index (χ3v) is 4.00. The average molecular weight is 362 g/mol. The summed E-state index contributed by atoms with van der Waals surface area (Å²) in [4.78, 5) is 30.8. The van der Waals surface area contributed by atoms with Crippen LogP contribution < -0.4 is 4.89 Å². The third kappa shape index (κ3) is 6.29. The number of hydrogen-bond donors (Lipinski definition) is 3. The summed E-state index contributed by atoms with van der Waals surface area (Å²) >= 11 is 0. The molecule has 1 rings (SSSR count). The topological polar surface area (TPSA) is 204 Å². The Hall–Kier alpha value is -0.550. The van der Waals surface area contributed by atoms with E-state index in [-0.39, 0.29) is 0 Å². The van der Waals surface area contributed by atoms with Crippen LogP contribution in [-0.4, -0.2) is 52.6 Å². The van der Waals surface area contributed by atoms with E-state index in [1.54, 1.807) is 0 Å². The molecule has 1 fully saturated rings. The van der Waals surface area contributed by atoms with Gasteiger partial charge in [-0.05, 0) is 12.5 Å². The van der Waals surface area contributed by atoms with Gasteiger partial charge in [-0.1, -0.05) is 5.11 Å². The maximum Gasteiger partial charge on any atom is 0.472 e. The molecule has 0 aliphatic carbocycles. The summed E-state index contributed by atoms with van der Waals surface area (Å²) in [5.41, 5.74) is 8.02. The summed E-state index contributed by atoms with van der Waals surface area (Å²) in [5, 5.41) is 12.7. The first-order chi connectivity index (χ1) is 10.1. The Morgan fingerprint density at radius 3 is 2.59 bits per heavy atom. The highest BCUT2D eigenvalue weighted by molar-refractivity contribution is 7.47. The molecule has 0 saturated carbocycles. The molecule has 6 atom stereocenters. The highest BCUT2D eigenvalue weighted by Crippen LogP contribution is 2.47. The van der Waals surface area contributed by atoms with Crippen molar-refractivity contribution in [3.8, 4) is 0 Å². The summed E-state index contributed by atoms with van der Waals surface area (Å²) in [6.45, 7) is -0.142. The fourth-order valence-electron chi connectivity index (χ4n) is 1.66. The molecule has 0 radical (unpaired) electrons. The lowest BCUT2D eigenvalue weighted by Crippen LogP contribution is -2.36. The average Bonchev–Trinajstić information content (AvgIpc) is 2.63. The van der Waals surface area contributed by atoms with Crippen molar-refractivity contribution in [2.75, 3.05) is 13.3 Å². The van der Waals surface area contributed by atoms with Gasteiger partial charge in [0.15, 0.2) is 0 Å². The second kappa shape index (κ2) is 7.82. The van der Waals surface area contributed by atoms with E-state index in [1.165, 1.54) is 6.92 Å². The van der Waals surface area contributed by atoms with Gasteiger partial charge in [0.2, 0.25) is 0 Å². The molecule has 13 nitrogen and oxygen atoms in total. The Bertz CT molecular complexity index is 519. The molecule has 0 aromatic carbocycles. The lowest BCUT2D eigenvalue weighted by molar-refractivity contribution is -0.222. The van der Waals surface area contributed by atoms with Crippen molar-refractivity contribution in [1.82, 2.24) is 0 Å². The van der Waals surface area contributed by atoms with Gasteiger partial charge in [-0.25, -0.2) is 4.57 Å². The second-order valence-corrected chi connectivity index (χ2v) is 6.76. The first-order valence-electron chi connectivity index (χ1n) is 5.74. The molecule has 3 unspecified atom stereocenters. The fraction of sp³-hybridized carbons (Fsp3) is 1.00. The molecule has 0 spiro atoms. The fourth-order valence-corrected chi connectivity index (χ4v) is 2.82. The van der Waals surface area contributed by atoms with Crippen LogP contribution in [0.3, 0.4) is 0 Å². The molecule has 3 N–H and O–H groups in total. The molecule has 1 heterocycles. The number of ether oxygens (including phenoxy) is 1. The van der Waals surface area contributed by atoms with Crippen molar-refractivity contribution >= 4 is 15.6 Å². The smallest absolute Gasteiger partial charge is 0.472 e. The van der Waals surface area contributed by atoms with Gasteiger partial charge in [0.1, 0.15) is 25.0 Å². The Kier molecular flexibility index (Phi) is 6.93. The van der Waals surface area contributed by atoms with Crippen molar-refractivity contribution in [2.45, 2.75) is 31.3 Å². The monoisotopic (exact) mass is 362 g/mol. The summed E-state index contributed by atoms with van der Waals surface area (Å²) in [6, 6.07) is 0. The van der Waals surface area contributed by atoms with Crippen LogP contribution >= 0.6 is 15.6 Å². The summed E-state index contributed by atoms with van der Waals surface area (Å²) in [5.74, 6) is 0. The summed E-state index contributed by atoms with van der Waals surface area (Å²) in [7, 11) is -9.75. The van der Waals surface area contributed by atoms with Crippen LogP contribution in [0.25, 0.3) is 10.4 Å². The number of aliphatic hydroxyl groups excluding tert-OH is 1. The van der Waals surface area contributed by atoms with E-state index in [0.29, 0.717) is 0 Å². The SMILES string of the molecule is C[C@@H]1O[C@H](COP(=O)([O-])O)C(OP(=O)(O)OCN=[N+]=[N-])[C@@H]1O. The van der Waals surface area contributed by atoms with E-state index in [2.05, 4.69) is 23.6 Å². The van der Waals surface area contributed by atoms with Crippen LogP contribution in [0.5, 0.6) is 0 Å². The van der Waals surface area contributed by atoms with Crippen LogP contribution in [0.2, 0.25) is 0 Å². The van der Waals surface area contributed by atoms with Crippen molar-refractivity contribution in [2.24, 2.45) is 5.11 Å². The van der Waals surface area contributed by atoms with Gasteiger partial charge in [0.25, 0.3) is 7.82 Å². The first-order valence-corrected chi connectivity index (χ1v) is 8.73. The molecule has 22 heavy (non-hydrogen) atoms. The third-order valence-electron chi connectivity index (χ3n) is 2.57. The predicted octanol–water partition coefficient (Wildman–Crippen LogP) is -0.618. The molecule has 0 aromatic rings. The van der Waals surface area contributed by atoms with Crippen molar-refractivity contribution in [3.63, 3.8) is 0 Å². The minimum Gasteiger partial charge on any atom is -0.756 e. The molecule has 0 amide bonds. The Morgan fingerprint density at radius 1 is 1.41 bits per heavy atom. The molecule has 0 bridgehead atoms. The number of aliphatic hydroxyl groups is 1. The number of phosphoric acid groups is 2. The van der Waals surface area contributed by atoms with E-state index in [4.69, 9.17) is 15.2 Å². The van der Waals surface area contributed by atoms with Gasteiger partial charge < -0.3 is 29.0 Å². The number of nitrogens with zero attached hydrogens (tertiary/aromatic N) is 3. The minimum absolute atomic E-state index is 0.750. The molecule has 1 aliphatic heterocycles. The first kappa shape index (κ1) is 19.5. The zero-order chi connectivity index (χ0) is 17.0. The van der Waals surface area contributed by atoms with E-state index in [0.717, 1.165) is 0 Å². The van der Waals surface area contributed by atoms with Gasteiger partial charge >= 0.3 is 7.82 Å². The summed E-state index contributed by atoms with van der Waals surface area (Å²) in [6.07, 6.45) is -4.98. The van der Waals surface area contributed by atoms with Gasteiger partial charge in [0.05, 0.1) is 12.7 Å². The Morgan fingerprint density at radius 2 is 2.05 bits per heavy atom. The quantitative estimate of drug-likeness (QED) is 0.216. The molecule has 1 saturated heterocycles. The van der Waals surface area contributed by atoms with E-state index in [1.807, 2.05) is 0 Å². The zero-order valence-electron chi connectivity index (χ0n) is 11.2. The zero-order valence-corrected chi connectivity index (χ0v) is 12.9. The molecule has 1 aliphatic rings. The molecular formula is C7H14N3O10P2-. The molecule has 128 valence electrons. The van der Waals surface area contributed by atoms with Crippen LogP contribution in [0.4, 0.5) is 0 Å². The maximum atomic E-state index is 11.6. The van der Waals surface area contributed by atoms with Gasteiger partial charge in [0, 0.05) is 4.91 Å². The highest BCUT2D eigenvalue weighted by Gasteiger charge is 2.46. The Balaban J connectivity index is 2.72. The van der Waals surface area contributed by atoms with Gasteiger partial charge in [-0.3, -0.25) is 13.6 Å². The van der Waals surface area contributed by atoms with E-state index >= 15 is 0 Å². The normalized spacial score (nSPS) is 33.7.